The molecule has 3 rings (SSSR count). The standard InChI is InChI=1S/C27H38F3N5O3/c1-18(2)15-23(34-25(27(28,29)30)20-5-10-24(37-4)32-17-20)26(36)33-19(3)16-31-21-6-8-22(9-7-21)35-11-13-38-14-12-35/h5-10,17-19,23,25,31,34H,11-16H2,1-4H3,(H,33,36)/t19-,23-,25-/m0/s1. The van der Waals surface area contributed by atoms with Crippen molar-refractivity contribution in [2.45, 2.75) is 51.5 Å². The third-order valence-corrected chi connectivity index (χ3v) is 6.27. The molecule has 11 heteroatoms. The van der Waals surface area contributed by atoms with E-state index in [1.165, 1.54) is 19.2 Å². The Kier molecular flexibility index (Phi) is 10.6. The first-order chi connectivity index (χ1) is 18.1. The van der Waals surface area contributed by atoms with E-state index >= 15 is 0 Å². The molecular formula is C27H38F3N5O3. The molecule has 0 spiro atoms. The van der Waals surface area contributed by atoms with Gasteiger partial charge in [-0.1, -0.05) is 19.9 Å². The van der Waals surface area contributed by atoms with Gasteiger partial charge in [-0.2, -0.15) is 13.2 Å². The summed E-state index contributed by atoms with van der Waals surface area (Å²) in [6.45, 7) is 9.10. The Labute approximate surface area is 222 Å². The summed E-state index contributed by atoms with van der Waals surface area (Å²) in [6, 6.07) is 7.28. The van der Waals surface area contributed by atoms with Crippen molar-refractivity contribution >= 4 is 17.3 Å². The Morgan fingerprint density at radius 1 is 1.11 bits per heavy atom. The van der Waals surface area contributed by atoms with Crippen molar-refractivity contribution in [3.8, 4) is 5.88 Å². The summed E-state index contributed by atoms with van der Waals surface area (Å²) >= 11 is 0. The number of anilines is 2. The van der Waals surface area contributed by atoms with Crippen LogP contribution in [0.1, 0.15) is 38.8 Å². The third kappa shape index (κ3) is 8.76. The van der Waals surface area contributed by atoms with Gasteiger partial charge in [-0.25, -0.2) is 4.98 Å². The molecule has 3 atom stereocenters. The summed E-state index contributed by atoms with van der Waals surface area (Å²) < 4.78 is 52.3. The summed E-state index contributed by atoms with van der Waals surface area (Å²) in [6.07, 6.45) is -3.26. The van der Waals surface area contributed by atoms with Gasteiger partial charge in [-0.05, 0) is 49.1 Å². The molecule has 0 saturated carbocycles. The van der Waals surface area contributed by atoms with Crippen LogP contribution in [0.25, 0.3) is 0 Å². The van der Waals surface area contributed by atoms with Gasteiger partial charge in [-0.15, -0.1) is 0 Å². The van der Waals surface area contributed by atoms with Crippen molar-refractivity contribution in [1.29, 1.82) is 0 Å². The zero-order valence-electron chi connectivity index (χ0n) is 22.3. The van der Waals surface area contributed by atoms with E-state index in [0.717, 1.165) is 30.7 Å². The number of benzene rings is 1. The maximum absolute atomic E-state index is 14.0. The fraction of sp³-hybridized carbons (Fsp3) is 0.556. The van der Waals surface area contributed by atoms with Crippen LogP contribution in [-0.4, -0.2) is 69.1 Å². The van der Waals surface area contributed by atoms with E-state index < -0.39 is 24.2 Å². The third-order valence-electron chi connectivity index (χ3n) is 6.27. The highest BCUT2D eigenvalue weighted by molar-refractivity contribution is 5.82. The molecule has 1 fully saturated rings. The van der Waals surface area contributed by atoms with Crippen LogP contribution in [0.3, 0.4) is 0 Å². The number of morpholine rings is 1. The smallest absolute Gasteiger partial charge is 0.407 e. The molecule has 1 aliphatic rings. The zero-order valence-corrected chi connectivity index (χ0v) is 22.3. The van der Waals surface area contributed by atoms with Gasteiger partial charge >= 0.3 is 6.18 Å². The summed E-state index contributed by atoms with van der Waals surface area (Å²) in [4.78, 5) is 19.3. The highest BCUT2D eigenvalue weighted by atomic mass is 19.4. The normalized spacial score (nSPS) is 16.6. The van der Waals surface area contributed by atoms with Gasteiger partial charge in [0.05, 0.1) is 26.4 Å². The Hall–Kier alpha value is -3.05. The second-order valence-electron chi connectivity index (χ2n) is 9.89. The van der Waals surface area contributed by atoms with E-state index in [2.05, 4.69) is 25.8 Å². The van der Waals surface area contributed by atoms with Crippen LogP contribution >= 0.6 is 0 Å². The number of carbonyl (C=O) groups is 1. The lowest BCUT2D eigenvalue weighted by molar-refractivity contribution is -0.161. The average Bonchev–Trinajstić information content (AvgIpc) is 2.90. The van der Waals surface area contributed by atoms with Gasteiger partial charge in [0, 0.05) is 49.3 Å². The summed E-state index contributed by atoms with van der Waals surface area (Å²) in [5, 5.41) is 8.68. The second kappa shape index (κ2) is 13.7. The molecule has 1 amide bonds. The van der Waals surface area contributed by atoms with Gasteiger partial charge in [0.1, 0.15) is 6.04 Å². The molecule has 1 saturated heterocycles. The minimum Gasteiger partial charge on any atom is -0.481 e. The lowest BCUT2D eigenvalue weighted by atomic mass is 10.00. The fourth-order valence-corrected chi connectivity index (χ4v) is 4.26. The predicted molar refractivity (Wildman–Crippen MR) is 142 cm³/mol. The number of nitrogens with zero attached hydrogens (tertiary/aromatic N) is 2. The Morgan fingerprint density at radius 2 is 1.79 bits per heavy atom. The largest absolute Gasteiger partial charge is 0.481 e. The van der Waals surface area contributed by atoms with E-state index in [0.29, 0.717) is 19.8 Å². The first-order valence-electron chi connectivity index (χ1n) is 12.9. The van der Waals surface area contributed by atoms with E-state index in [-0.39, 0.29) is 29.8 Å². The van der Waals surface area contributed by atoms with Crippen molar-refractivity contribution in [3.05, 3.63) is 48.2 Å². The monoisotopic (exact) mass is 537 g/mol. The highest BCUT2D eigenvalue weighted by Crippen LogP contribution is 2.33. The topological polar surface area (TPSA) is 87.8 Å². The minimum atomic E-state index is -4.62. The van der Waals surface area contributed by atoms with Gasteiger partial charge < -0.3 is 25.0 Å². The molecule has 0 unspecified atom stereocenters. The molecule has 1 aliphatic heterocycles. The fourth-order valence-electron chi connectivity index (χ4n) is 4.26. The predicted octanol–water partition coefficient (Wildman–Crippen LogP) is 4.15. The lowest BCUT2D eigenvalue weighted by Gasteiger charge is -2.29. The van der Waals surface area contributed by atoms with Crippen LogP contribution in [0.2, 0.25) is 0 Å². The Balaban J connectivity index is 1.60. The molecule has 0 bridgehead atoms. The summed E-state index contributed by atoms with van der Waals surface area (Å²) in [5.74, 6) is -0.269. The molecule has 1 aromatic carbocycles. The first kappa shape index (κ1) is 29.5. The number of methoxy groups -OCH3 is 1. The molecule has 1 aromatic heterocycles. The second-order valence-corrected chi connectivity index (χ2v) is 9.89. The molecule has 3 N–H and O–H groups in total. The van der Waals surface area contributed by atoms with Gasteiger partial charge in [0.15, 0.2) is 0 Å². The number of hydrogen-bond donors (Lipinski definition) is 3. The van der Waals surface area contributed by atoms with Gasteiger partial charge in [-0.3, -0.25) is 10.1 Å². The molecule has 210 valence electrons. The maximum Gasteiger partial charge on any atom is 0.407 e. The lowest BCUT2D eigenvalue weighted by Crippen LogP contribution is -2.52. The SMILES string of the molecule is COc1ccc([C@H](N[C@@H](CC(C)C)C(=O)N[C@@H](C)CNc2ccc(N3CCOCC3)cc2)C(F)(F)F)cn1. The minimum absolute atomic E-state index is 0.000428. The molecule has 8 nitrogen and oxygen atoms in total. The van der Waals surface area contributed by atoms with Crippen LogP contribution < -0.4 is 25.6 Å². The van der Waals surface area contributed by atoms with Crippen LogP contribution in [0, 0.1) is 5.92 Å². The van der Waals surface area contributed by atoms with Crippen molar-refractivity contribution < 1.29 is 27.4 Å². The van der Waals surface area contributed by atoms with E-state index in [1.54, 1.807) is 0 Å². The van der Waals surface area contributed by atoms with Crippen LogP contribution in [-0.2, 0) is 9.53 Å². The zero-order chi connectivity index (χ0) is 27.7. The number of ether oxygens (including phenoxy) is 2. The van der Waals surface area contributed by atoms with Gasteiger partial charge in [0.25, 0.3) is 0 Å². The molecule has 0 radical (unpaired) electrons. The number of carbonyl (C=O) groups excluding carboxylic acids is 1. The number of pyridine rings is 1. The number of amides is 1. The average molecular weight is 538 g/mol. The van der Waals surface area contributed by atoms with Crippen LogP contribution in [0.15, 0.2) is 42.6 Å². The van der Waals surface area contributed by atoms with Crippen molar-refractivity contribution in [1.82, 2.24) is 15.6 Å². The van der Waals surface area contributed by atoms with E-state index in [1.807, 2.05) is 45.0 Å². The van der Waals surface area contributed by atoms with Crippen molar-refractivity contribution in [2.24, 2.45) is 5.92 Å². The summed E-state index contributed by atoms with van der Waals surface area (Å²) in [7, 11) is 1.39. The Morgan fingerprint density at radius 3 is 2.34 bits per heavy atom. The maximum atomic E-state index is 14.0. The van der Waals surface area contributed by atoms with Crippen LogP contribution in [0.4, 0.5) is 24.5 Å². The van der Waals surface area contributed by atoms with Gasteiger partial charge in [0.2, 0.25) is 11.8 Å². The molecule has 0 aliphatic carbocycles. The number of nitrogens with one attached hydrogen (secondary N) is 3. The number of hydrogen-bond acceptors (Lipinski definition) is 7. The molecule has 2 aromatic rings. The summed E-state index contributed by atoms with van der Waals surface area (Å²) in [5.41, 5.74) is 1.92. The van der Waals surface area contributed by atoms with E-state index in [9.17, 15) is 18.0 Å². The Bertz CT molecular complexity index is 997. The highest BCUT2D eigenvalue weighted by Gasteiger charge is 2.43. The number of halogens is 3. The number of alkyl halides is 3. The quantitative estimate of drug-likeness (QED) is 0.375. The van der Waals surface area contributed by atoms with E-state index in [4.69, 9.17) is 9.47 Å². The molecule has 2 heterocycles. The molecule has 38 heavy (non-hydrogen) atoms. The molecular weight excluding hydrogens is 499 g/mol. The van der Waals surface area contributed by atoms with Crippen LogP contribution in [0.5, 0.6) is 5.88 Å². The first-order valence-corrected chi connectivity index (χ1v) is 12.9. The van der Waals surface area contributed by atoms with Crippen molar-refractivity contribution in [2.75, 3.05) is 50.2 Å². The van der Waals surface area contributed by atoms with Crippen molar-refractivity contribution in [3.63, 3.8) is 0 Å². The number of rotatable bonds is 12. The number of aromatic nitrogens is 1.